The van der Waals surface area contributed by atoms with Crippen LogP contribution in [0.25, 0.3) is 0 Å². The quantitative estimate of drug-likeness (QED) is 0.674. The molecule has 80 valence electrons. The second-order valence-electron chi connectivity index (χ2n) is 3.99. The van der Waals surface area contributed by atoms with Crippen LogP contribution in [0.5, 0.6) is 0 Å². The van der Waals surface area contributed by atoms with Gasteiger partial charge in [0.2, 0.25) is 0 Å². The minimum atomic E-state index is 0.965. The molecule has 0 aliphatic carbocycles. The van der Waals surface area contributed by atoms with Crippen LogP contribution in [0.3, 0.4) is 0 Å². The molecule has 0 amide bonds. The van der Waals surface area contributed by atoms with Gasteiger partial charge in [-0.2, -0.15) is 0 Å². The molecule has 0 bridgehead atoms. The van der Waals surface area contributed by atoms with Crippen LogP contribution in [-0.2, 0) is 6.42 Å². The maximum Gasteiger partial charge on any atom is 0.0372 e. The number of rotatable bonds is 4. The van der Waals surface area contributed by atoms with E-state index in [9.17, 15) is 0 Å². The van der Waals surface area contributed by atoms with E-state index >= 15 is 0 Å². The summed E-state index contributed by atoms with van der Waals surface area (Å²) in [5.74, 6) is 0. The minimum Gasteiger partial charge on any atom is -0.261 e. The Morgan fingerprint density at radius 2 is 2.20 bits per heavy atom. The fraction of sp³-hybridized carbons (Fsp3) is 0.357. The predicted octanol–water partition coefficient (Wildman–Crippen LogP) is 3.85. The van der Waals surface area contributed by atoms with Gasteiger partial charge in [0, 0.05) is 11.9 Å². The number of hydrogen-bond acceptors (Lipinski definition) is 1. The van der Waals surface area contributed by atoms with Gasteiger partial charge < -0.3 is 0 Å². The Kier molecular flexibility index (Phi) is 4.29. The Balaban J connectivity index is 2.66. The Hall–Kier alpha value is -1.37. The largest absolute Gasteiger partial charge is 0.261 e. The van der Waals surface area contributed by atoms with Crippen molar-refractivity contribution in [1.29, 1.82) is 0 Å². The first-order valence-corrected chi connectivity index (χ1v) is 5.38. The van der Waals surface area contributed by atoms with Gasteiger partial charge in [-0.3, -0.25) is 4.98 Å². The van der Waals surface area contributed by atoms with Gasteiger partial charge in [-0.05, 0) is 38.3 Å². The number of aryl methyl sites for hydroxylation is 1. The van der Waals surface area contributed by atoms with Crippen molar-refractivity contribution in [2.75, 3.05) is 0 Å². The molecule has 0 radical (unpaired) electrons. The van der Waals surface area contributed by atoms with Gasteiger partial charge in [-0.1, -0.05) is 36.8 Å². The number of hydrogen-bond donors (Lipinski definition) is 0. The van der Waals surface area contributed by atoms with Crippen LogP contribution < -0.4 is 0 Å². The smallest absolute Gasteiger partial charge is 0.0372 e. The number of nitrogens with zero attached hydrogens (tertiary/aromatic N) is 1. The van der Waals surface area contributed by atoms with E-state index in [4.69, 9.17) is 0 Å². The van der Waals surface area contributed by atoms with Crippen molar-refractivity contribution in [3.05, 3.63) is 53.4 Å². The molecule has 0 aromatic carbocycles. The monoisotopic (exact) mass is 201 g/mol. The number of pyridine rings is 1. The van der Waals surface area contributed by atoms with Crippen LogP contribution in [0, 0.1) is 6.92 Å². The van der Waals surface area contributed by atoms with Crippen LogP contribution in [0.1, 0.15) is 31.5 Å². The Labute approximate surface area is 92.6 Å². The van der Waals surface area contributed by atoms with E-state index in [-0.39, 0.29) is 0 Å². The highest BCUT2D eigenvalue weighted by molar-refractivity contribution is 5.25. The highest BCUT2D eigenvalue weighted by Gasteiger charge is 1.96. The lowest BCUT2D eigenvalue weighted by molar-refractivity contribution is 1.07. The molecule has 1 aromatic rings. The zero-order chi connectivity index (χ0) is 11.3. The van der Waals surface area contributed by atoms with Gasteiger partial charge in [0.25, 0.3) is 0 Å². The lowest BCUT2D eigenvalue weighted by Gasteiger charge is -2.03. The molecule has 0 fully saturated rings. The third-order valence-corrected chi connectivity index (χ3v) is 2.36. The zero-order valence-corrected chi connectivity index (χ0v) is 9.88. The molecule has 0 unspecified atom stereocenters. The standard InChI is InChI=1S/C14H19N/c1-5-11(2)8-12(3)9-14-7-6-13(4)15-10-14/h6-8,10H,2,5,9H2,1,3-4H3. The van der Waals surface area contributed by atoms with E-state index < -0.39 is 0 Å². The average molecular weight is 201 g/mol. The van der Waals surface area contributed by atoms with Gasteiger partial charge in [-0.25, -0.2) is 0 Å². The SMILES string of the molecule is C=C(C=C(C)Cc1ccc(C)nc1)CC. The first-order valence-electron chi connectivity index (χ1n) is 5.38. The summed E-state index contributed by atoms with van der Waals surface area (Å²) in [6, 6.07) is 4.19. The van der Waals surface area contributed by atoms with Crippen LogP contribution in [0.15, 0.2) is 42.1 Å². The first-order chi connectivity index (χ1) is 7.11. The van der Waals surface area contributed by atoms with Crippen molar-refractivity contribution in [3.8, 4) is 0 Å². The van der Waals surface area contributed by atoms with Gasteiger partial charge >= 0.3 is 0 Å². The van der Waals surface area contributed by atoms with Crippen molar-refractivity contribution in [2.45, 2.75) is 33.6 Å². The third kappa shape index (κ3) is 4.11. The highest BCUT2D eigenvalue weighted by Crippen LogP contribution is 2.10. The van der Waals surface area contributed by atoms with Crippen molar-refractivity contribution < 1.29 is 0 Å². The topological polar surface area (TPSA) is 12.9 Å². The Morgan fingerprint density at radius 1 is 1.47 bits per heavy atom. The highest BCUT2D eigenvalue weighted by atomic mass is 14.7. The molecule has 0 atom stereocenters. The second-order valence-corrected chi connectivity index (χ2v) is 3.99. The molecule has 0 N–H and O–H groups in total. The molecule has 0 aliphatic heterocycles. The van der Waals surface area contributed by atoms with Gasteiger partial charge in [0.05, 0.1) is 0 Å². The summed E-state index contributed by atoms with van der Waals surface area (Å²) in [5, 5.41) is 0. The summed E-state index contributed by atoms with van der Waals surface area (Å²) < 4.78 is 0. The zero-order valence-electron chi connectivity index (χ0n) is 9.88. The predicted molar refractivity (Wildman–Crippen MR) is 65.9 cm³/mol. The Morgan fingerprint density at radius 3 is 2.73 bits per heavy atom. The third-order valence-electron chi connectivity index (χ3n) is 2.36. The van der Waals surface area contributed by atoms with Gasteiger partial charge in [-0.15, -0.1) is 0 Å². The maximum atomic E-state index is 4.28. The van der Waals surface area contributed by atoms with Crippen LogP contribution in [0.2, 0.25) is 0 Å². The summed E-state index contributed by atoms with van der Waals surface area (Å²) in [4.78, 5) is 4.28. The molecule has 1 heteroatoms. The molecule has 1 rings (SSSR count). The van der Waals surface area contributed by atoms with E-state index in [2.05, 4.69) is 43.6 Å². The molecular formula is C14H19N. The summed E-state index contributed by atoms with van der Waals surface area (Å²) in [7, 11) is 0. The second kappa shape index (κ2) is 5.50. The van der Waals surface area contributed by atoms with Crippen LogP contribution in [-0.4, -0.2) is 4.98 Å². The van der Waals surface area contributed by atoms with Crippen LogP contribution >= 0.6 is 0 Å². The minimum absolute atomic E-state index is 0.965. The lowest BCUT2D eigenvalue weighted by Crippen LogP contribution is -1.90. The van der Waals surface area contributed by atoms with E-state index in [1.807, 2.05) is 13.1 Å². The molecule has 0 spiro atoms. The summed E-state index contributed by atoms with van der Waals surface area (Å²) >= 11 is 0. The fourth-order valence-corrected chi connectivity index (χ4v) is 1.43. The molecule has 15 heavy (non-hydrogen) atoms. The molecule has 0 saturated heterocycles. The molecule has 0 aliphatic rings. The summed E-state index contributed by atoms with van der Waals surface area (Å²) in [6.45, 7) is 10.2. The van der Waals surface area contributed by atoms with E-state index in [0.29, 0.717) is 0 Å². The van der Waals surface area contributed by atoms with E-state index in [0.717, 1.165) is 18.5 Å². The van der Waals surface area contributed by atoms with Crippen molar-refractivity contribution in [2.24, 2.45) is 0 Å². The fourth-order valence-electron chi connectivity index (χ4n) is 1.43. The van der Waals surface area contributed by atoms with E-state index in [1.54, 1.807) is 0 Å². The van der Waals surface area contributed by atoms with Gasteiger partial charge in [0.1, 0.15) is 0 Å². The van der Waals surface area contributed by atoms with Crippen molar-refractivity contribution in [3.63, 3.8) is 0 Å². The van der Waals surface area contributed by atoms with Crippen LogP contribution in [0.4, 0.5) is 0 Å². The molecule has 1 nitrogen and oxygen atoms in total. The molecule has 1 heterocycles. The molecule has 1 aromatic heterocycles. The molecular weight excluding hydrogens is 182 g/mol. The first kappa shape index (κ1) is 11.7. The number of aromatic nitrogens is 1. The summed E-state index contributed by atoms with van der Waals surface area (Å²) in [5.41, 5.74) is 4.86. The lowest BCUT2D eigenvalue weighted by atomic mass is 10.0. The number of allylic oxidation sites excluding steroid dienone is 3. The Bertz CT molecular complexity index is 357. The van der Waals surface area contributed by atoms with Crippen molar-refractivity contribution in [1.82, 2.24) is 4.98 Å². The summed E-state index contributed by atoms with van der Waals surface area (Å²) in [6.07, 6.45) is 6.09. The molecule has 0 saturated carbocycles. The average Bonchev–Trinajstić information content (AvgIpc) is 2.21. The van der Waals surface area contributed by atoms with Gasteiger partial charge in [0.15, 0.2) is 0 Å². The van der Waals surface area contributed by atoms with E-state index in [1.165, 1.54) is 16.7 Å². The normalized spacial score (nSPS) is 11.5. The van der Waals surface area contributed by atoms with Crippen molar-refractivity contribution >= 4 is 0 Å². The maximum absolute atomic E-state index is 4.28.